The van der Waals surface area contributed by atoms with Gasteiger partial charge in [0.05, 0.1) is 33.2 Å². The van der Waals surface area contributed by atoms with E-state index in [0.29, 0.717) is 40.6 Å². The van der Waals surface area contributed by atoms with Gasteiger partial charge in [-0.1, -0.05) is 29.8 Å². The third kappa shape index (κ3) is 5.42. The van der Waals surface area contributed by atoms with E-state index in [1.165, 1.54) is 12.1 Å². The zero-order chi connectivity index (χ0) is 24.9. The Morgan fingerprint density at radius 1 is 1.23 bits per heavy atom. The summed E-state index contributed by atoms with van der Waals surface area (Å²) in [4.78, 5) is 18.3. The molecule has 1 heterocycles. The molecule has 3 aromatic carbocycles. The Morgan fingerprint density at radius 3 is 2.80 bits per heavy atom. The molecule has 0 bridgehead atoms. The van der Waals surface area contributed by atoms with E-state index in [0.717, 1.165) is 16.6 Å². The fourth-order valence-electron chi connectivity index (χ4n) is 3.56. The molecular formula is C26H21ClN4O4. The fourth-order valence-corrected chi connectivity index (χ4v) is 3.83. The lowest BCUT2D eigenvalue weighted by atomic mass is 10.1. The zero-order valence-corrected chi connectivity index (χ0v) is 19.8. The van der Waals surface area contributed by atoms with Gasteiger partial charge >= 0.3 is 0 Å². The fraction of sp³-hybridized carbons (Fsp3) is 0.154. The van der Waals surface area contributed by atoms with Crippen LogP contribution in [0.3, 0.4) is 0 Å². The number of nitriles is 1. The maximum Gasteiger partial charge on any atom is 0.269 e. The van der Waals surface area contributed by atoms with Crippen LogP contribution in [-0.2, 0) is 6.61 Å². The number of ether oxygens (including phenoxy) is 2. The van der Waals surface area contributed by atoms with E-state index in [2.05, 4.69) is 16.0 Å². The number of nitrogens with one attached hydrogen (secondary N) is 1. The number of aromatic nitrogens is 2. The predicted octanol–water partition coefficient (Wildman–Crippen LogP) is 6.47. The molecule has 35 heavy (non-hydrogen) atoms. The summed E-state index contributed by atoms with van der Waals surface area (Å²) in [6, 6.07) is 17.6. The highest BCUT2D eigenvalue weighted by molar-refractivity contribution is 6.32. The minimum absolute atomic E-state index is 0.0208. The van der Waals surface area contributed by atoms with Crippen molar-refractivity contribution in [3.63, 3.8) is 0 Å². The van der Waals surface area contributed by atoms with Crippen molar-refractivity contribution in [3.05, 3.63) is 92.2 Å². The largest absolute Gasteiger partial charge is 0.490 e. The van der Waals surface area contributed by atoms with E-state index in [4.69, 9.17) is 21.1 Å². The number of hydrogen-bond acceptors (Lipinski definition) is 6. The van der Waals surface area contributed by atoms with Gasteiger partial charge < -0.3 is 14.5 Å². The van der Waals surface area contributed by atoms with Crippen LogP contribution in [0.2, 0.25) is 5.02 Å². The lowest BCUT2D eigenvalue weighted by Crippen LogP contribution is -2.01. The standard InChI is InChI=1S/C26H21ClN4O4/c1-3-34-24-13-18(10-19(14-28)26-29-22-8-7-16(2)9-23(22)30-26)12-21(27)25(24)35-15-17-5-4-6-20(11-17)31(32)33/h4-13H,3,15H2,1-2H3,(H,29,30). The van der Waals surface area contributed by atoms with Crippen LogP contribution >= 0.6 is 11.6 Å². The molecule has 0 saturated carbocycles. The molecule has 9 heteroatoms. The number of benzene rings is 3. The van der Waals surface area contributed by atoms with Crippen LogP contribution in [0.1, 0.15) is 29.4 Å². The molecule has 8 nitrogen and oxygen atoms in total. The van der Waals surface area contributed by atoms with Crippen molar-refractivity contribution in [1.29, 1.82) is 5.26 Å². The van der Waals surface area contributed by atoms with Crippen molar-refractivity contribution in [3.8, 4) is 17.6 Å². The monoisotopic (exact) mass is 488 g/mol. The van der Waals surface area contributed by atoms with Gasteiger partial charge in [0.15, 0.2) is 11.5 Å². The summed E-state index contributed by atoms with van der Waals surface area (Å²) in [6.07, 6.45) is 1.67. The number of nitrogens with zero attached hydrogens (tertiary/aromatic N) is 3. The molecule has 0 radical (unpaired) electrons. The maximum atomic E-state index is 11.0. The number of aryl methyl sites for hydroxylation is 1. The van der Waals surface area contributed by atoms with Crippen LogP contribution in [0.15, 0.2) is 54.6 Å². The molecule has 0 aliphatic carbocycles. The zero-order valence-electron chi connectivity index (χ0n) is 19.0. The van der Waals surface area contributed by atoms with Crippen LogP contribution in [0.5, 0.6) is 11.5 Å². The van der Waals surface area contributed by atoms with E-state index in [1.54, 1.807) is 30.3 Å². The number of fused-ring (bicyclic) bond motifs is 1. The minimum atomic E-state index is -0.459. The Bertz CT molecular complexity index is 1490. The molecule has 0 saturated heterocycles. The topological polar surface area (TPSA) is 114 Å². The molecule has 0 unspecified atom stereocenters. The third-order valence-corrected chi connectivity index (χ3v) is 5.44. The SMILES string of the molecule is CCOc1cc(C=C(C#N)c2nc3ccc(C)cc3[nH]2)cc(Cl)c1OCc1cccc([N+](=O)[O-])c1. The summed E-state index contributed by atoms with van der Waals surface area (Å²) in [6.45, 7) is 4.25. The molecule has 0 atom stereocenters. The molecule has 0 spiro atoms. The van der Waals surface area contributed by atoms with Crippen LogP contribution in [0.25, 0.3) is 22.7 Å². The highest BCUT2D eigenvalue weighted by Crippen LogP contribution is 2.38. The number of allylic oxidation sites excluding steroid dienone is 1. The minimum Gasteiger partial charge on any atom is -0.490 e. The van der Waals surface area contributed by atoms with Gasteiger partial charge in [-0.3, -0.25) is 10.1 Å². The van der Waals surface area contributed by atoms with Crippen LogP contribution in [0, 0.1) is 28.4 Å². The van der Waals surface area contributed by atoms with Gasteiger partial charge in [-0.15, -0.1) is 0 Å². The van der Waals surface area contributed by atoms with Gasteiger partial charge in [0.2, 0.25) is 0 Å². The molecule has 4 rings (SSSR count). The van der Waals surface area contributed by atoms with Gasteiger partial charge in [0.25, 0.3) is 5.69 Å². The molecule has 1 N–H and O–H groups in total. The first kappa shape index (κ1) is 23.8. The van der Waals surface area contributed by atoms with E-state index >= 15 is 0 Å². The summed E-state index contributed by atoms with van der Waals surface area (Å²) in [7, 11) is 0. The summed E-state index contributed by atoms with van der Waals surface area (Å²) in [5.74, 6) is 1.16. The first-order chi connectivity index (χ1) is 16.9. The van der Waals surface area contributed by atoms with Crippen LogP contribution < -0.4 is 9.47 Å². The number of nitro benzene ring substituents is 1. The van der Waals surface area contributed by atoms with Crippen molar-refractivity contribution in [2.24, 2.45) is 0 Å². The van der Waals surface area contributed by atoms with Crippen LogP contribution in [0.4, 0.5) is 5.69 Å². The second-order valence-electron chi connectivity index (χ2n) is 7.75. The van der Waals surface area contributed by atoms with Gasteiger partial charge in [-0.2, -0.15) is 5.26 Å². The Balaban J connectivity index is 1.64. The first-order valence-corrected chi connectivity index (χ1v) is 11.2. The third-order valence-electron chi connectivity index (χ3n) is 5.16. The van der Waals surface area contributed by atoms with Crippen molar-refractivity contribution < 1.29 is 14.4 Å². The molecular weight excluding hydrogens is 468 g/mol. The van der Waals surface area contributed by atoms with Crippen LogP contribution in [-0.4, -0.2) is 21.5 Å². The summed E-state index contributed by atoms with van der Waals surface area (Å²) in [5.41, 5.74) is 4.27. The van der Waals surface area contributed by atoms with E-state index in [1.807, 2.05) is 32.0 Å². The number of rotatable bonds is 8. The molecule has 0 aliphatic rings. The number of H-pyrrole nitrogens is 1. The maximum absolute atomic E-state index is 11.0. The lowest BCUT2D eigenvalue weighted by Gasteiger charge is -2.14. The van der Waals surface area contributed by atoms with Crippen molar-refractivity contribution in [2.75, 3.05) is 6.61 Å². The van der Waals surface area contributed by atoms with E-state index in [-0.39, 0.29) is 17.3 Å². The lowest BCUT2D eigenvalue weighted by molar-refractivity contribution is -0.384. The van der Waals surface area contributed by atoms with Crippen molar-refractivity contribution in [1.82, 2.24) is 9.97 Å². The van der Waals surface area contributed by atoms with Gasteiger partial charge in [-0.25, -0.2) is 4.98 Å². The Morgan fingerprint density at radius 2 is 2.06 bits per heavy atom. The average Bonchev–Trinajstić information content (AvgIpc) is 3.25. The smallest absolute Gasteiger partial charge is 0.269 e. The van der Waals surface area contributed by atoms with Gasteiger partial charge in [-0.05, 0) is 60.9 Å². The molecule has 176 valence electrons. The molecule has 0 fully saturated rings. The highest BCUT2D eigenvalue weighted by Gasteiger charge is 2.15. The van der Waals surface area contributed by atoms with E-state index in [9.17, 15) is 15.4 Å². The Kier molecular flexibility index (Phi) is 6.99. The summed E-state index contributed by atoms with van der Waals surface area (Å²) in [5, 5.41) is 21.1. The number of halogens is 1. The predicted molar refractivity (Wildman–Crippen MR) is 134 cm³/mol. The number of nitro groups is 1. The molecule has 4 aromatic rings. The highest BCUT2D eigenvalue weighted by atomic mass is 35.5. The number of non-ortho nitro benzene ring substituents is 1. The second-order valence-corrected chi connectivity index (χ2v) is 8.16. The number of aromatic amines is 1. The quantitative estimate of drug-likeness (QED) is 0.172. The summed E-state index contributed by atoms with van der Waals surface area (Å²) < 4.78 is 11.6. The number of imidazole rings is 1. The molecule has 1 aromatic heterocycles. The van der Waals surface area contributed by atoms with Gasteiger partial charge in [0, 0.05) is 12.1 Å². The van der Waals surface area contributed by atoms with Crippen molar-refractivity contribution >= 4 is 40.0 Å². The first-order valence-electron chi connectivity index (χ1n) is 10.8. The van der Waals surface area contributed by atoms with Gasteiger partial charge in [0.1, 0.15) is 18.5 Å². The molecule has 0 amide bonds. The van der Waals surface area contributed by atoms with E-state index < -0.39 is 4.92 Å². The Hall–Kier alpha value is -4.35. The second kappa shape index (κ2) is 10.3. The van der Waals surface area contributed by atoms with Crippen molar-refractivity contribution in [2.45, 2.75) is 20.5 Å². The average molecular weight is 489 g/mol. The normalized spacial score (nSPS) is 11.3. The summed E-state index contributed by atoms with van der Waals surface area (Å²) >= 11 is 6.52. The molecule has 0 aliphatic heterocycles. The Labute approximate surface area is 206 Å². The number of hydrogen-bond donors (Lipinski definition) is 1.